The van der Waals surface area contributed by atoms with Crippen molar-refractivity contribution in [2.45, 2.75) is 37.8 Å². The standard InChI is InChI=1S/C11H12F3NO/c12-10(11(13)14)6-2-1-3-7-9(6)8(16)4-5-15-7/h4-6,10-11H,1-3H2,(H,15,16)/t6-,10?/m0/s1. The van der Waals surface area contributed by atoms with Gasteiger partial charge in [-0.1, -0.05) is 0 Å². The highest BCUT2D eigenvalue weighted by molar-refractivity contribution is 5.40. The molecule has 2 atom stereocenters. The van der Waals surface area contributed by atoms with Crippen LogP contribution in [-0.4, -0.2) is 22.7 Å². The number of aromatic nitrogens is 1. The molecular weight excluding hydrogens is 219 g/mol. The molecule has 0 radical (unpaired) electrons. The monoisotopic (exact) mass is 231 g/mol. The number of nitrogens with zero attached hydrogens (tertiary/aromatic N) is 1. The van der Waals surface area contributed by atoms with E-state index < -0.39 is 18.5 Å². The SMILES string of the molecule is Oc1ccnc2c1[C@@H](C(F)C(F)F)CCC2. The molecule has 0 aromatic carbocycles. The van der Waals surface area contributed by atoms with Crippen LogP contribution in [0.1, 0.15) is 30.0 Å². The first-order chi connectivity index (χ1) is 7.61. The van der Waals surface area contributed by atoms with E-state index in [4.69, 9.17) is 0 Å². The number of aryl methyl sites for hydroxylation is 1. The van der Waals surface area contributed by atoms with Gasteiger partial charge in [-0.25, -0.2) is 13.2 Å². The van der Waals surface area contributed by atoms with Crippen molar-refractivity contribution in [2.24, 2.45) is 0 Å². The average Bonchev–Trinajstić information content (AvgIpc) is 2.27. The molecule has 0 saturated carbocycles. The fraction of sp³-hybridized carbons (Fsp3) is 0.545. The molecule has 2 rings (SSSR count). The van der Waals surface area contributed by atoms with E-state index >= 15 is 0 Å². The highest BCUT2D eigenvalue weighted by atomic mass is 19.3. The van der Waals surface area contributed by atoms with E-state index in [1.807, 2.05) is 0 Å². The number of rotatable bonds is 2. The van der Waals surface area contributed by atoms with Crippen LogP contribution in [0.4, 0.5) is 13.2 Å². The van der Waals surface area contributed by atoms with Crippen LogP contribution in [0, 0.1) is 0 Å². The molecule has 0 aliphatic heterocycles. The fourth-order valence-corrected chi connectivity index (χ4v) is 2.24. The number of halogens is 3. The second kappa shape index (κ2) is 4.31. The molecule has 16 heavy (non-hydrogen) atoms. The van der Waals surface area contributed by atoms with Gasteiger partial charge in [0.1, 0.15) is 5.75 Å². The van der Waals surface area contributed by atoms with Crippen molar-refractivity contribution in [3.05, 3.63) is 23.5 Å². The van der Waals surface area contributed by atoms with Crippen molar-refractivity contribution in [3.63, 3.8) is 0 Å². The number of hydrogen-bond donors (Lipinski definition) is 1. The highest BCUT2D eigenvalue weighted by Crippen LogP contribution is 2.40. The Kier molecular flexibility index (Phi) is 3.03. The van der Waals surface area contributed by atoms with Crippen LogP contribution in [0.25, 0.3) is 0 Å². The highest BCUT2D eigenvalue weighted by Gasteiger charge is 2.36. The molecule has 1 unspecified atom stereocenters. The van der Waals surface area contributed by atoms with Crippen molar-refractivity contribution in [2.75, 3.05) is 0 Å². The third-order valence-electron chi connectivity index (χ3n) is 2.97. The third-order valence-corrected chi connectivity index (χ3v) is 2.97. The Morgan fingerprint density at radius 1 is 1.38 bits per heavy atom. The third kappa shape index (κ3) is 1.86. The second-order valence-corrected chi connectivity index (χ2v) is 3.97. The first-order valence-electron chi connectivity index (χ1n) is 5.20. The van der Waals surface area contributed by atoms with E-state index in [0.717, 1.165) is 0 Å². The molecule has 0 fully saturated rings. The van der Waals surface area contributed by atoms with E-state index in [1.165, 1.54) is 12.3 Å². The molecule has 0 saturated heterocycles. The summed E-state index contributed by atoms with van der Waals surface area (Å²) in [6.07, 6.45) is -2.27. The number of fused-ring (bicyclic) bond motifs is 1. The number of pyridine rings is 1. The van der Waals surface area contributed by atoms with Crippen molar-refractivity contribution in [1.29, 1.82) is 0 Å². The molecule has 1 aliphatic carbocycles. The molecule has 88 valence electrons. The van der Waals surface area contributed by atoms with E-state index in [9.17, 15) is 18.3 Å². The first kappa shape index (κ1) is 11.2. The molecule has 2 nitrogen and oxygen atoms in total. The van der Waals surface area contributed by atoms with Gasteiger partial charge in [0.05, 0.1) is 0 Å². The van der Waals surface area contributed by atoms with Gasteiger partial charge in [0.2, 0.25) is 0 Å². The van der Waals surface area contributed by atoms with Gasteiger partial charge in [-0.3, -0.25) is 4.98 Å². The lowest BCUT2D eigenvalue weighted by Gasteiger charge is -2.27. The van der Waals surface area contributed by atoms with Crippen molar-refractivity contribution in [3.8, 4) is 5.75 Å². The molecule has 1 aromatic rings. The van der Waals surface area contributed by atoms with Gasteiger partial charge in [-0.2, -0.15) is 0 Å². The molecule has 1 heterocycles. The Bertz CT molecular complexity index is 383. The zero-order valence-corrected chi connectivity index (χ0v) is 8.54. The number of hydrogen-bond acceptors (Lipinski definition) is 2. The molecule has 1 aliphatic rings. The van der Waals surface area contributed by atoms with Gasteiger partial charge in [-0.15, -0.1) is 0 Å². The quantitative estimate of drug-likeness (QED) is 0.849. The summed E-state index contributed by atoms with van der Waals surface area (Å²) in [5, 5.41) is 9.61. The first-order valence-corrected chi connectivity index (χ1v) is 5.20. The van der Waals surface area contributed by atoms with Gasteiger partial charge >= 0.3 is 0 Å². The number of aromatic hydroxyl groups is 1. The van der Waals surface area contributed by atoms with E-state index in [1.54, 1.807) is 0 Å². The van der Waals surface area contributed by atoms with Crippen LogP contribution in [0.5, 0.6) is 5.75 Å². The van der Waals surface area contributed by atoms with Crippen LogP contribution in [-0.2, 0) is 6.42 Å². The minimum Gasteiger partial charge on any atom is -0.508 e. The lowest BCUT2D eigenvalue weighted by molar-refractivity contribution is 0.0305. The Balaban J connectivity index is 2.39. The van der Waals surface area contributed by atoms with Crippen LogP contribution in [0.3, 0.4) is 0 Å². The van der Waals surface area contributed by atoms with Gasteiger partial charge in [-0.05, 0) is 25.3 Å². The molecule has 0 bridgehead atoms. The van der Waals surface area contributed by atoms with Crippen molar-refractivity contribution < 1.29 is 18.3 Å². The van der Waals surface area contributed by atoms with Gasteiger partial charge in [0, 0.05) is 23.4 Å². The Morgan fingerprint density at radius 3 is 2.81 bits per heavy atom. The van der Waals surface area contributed by atoms with Crippen molar-refractivity contribution >= 4 is 0 Å². The minimum absolute atomic E-state index is 0.127. The lowest BCUT2D eigenvalue weighted by atomic mass is 9.82. The maximum atomic E-state index is 13.4. The molecular formula is C11H12F3NO. The fourth-order valence-electron chi connectivity index (χ4n) is 2.24. The molecule has 0 amide bonds. The Hall–Kier alpha value is -1.26. The summed E-state index contributed by atoms with van der Waals surface area (Å²) < 4.78 is 38.1. The molecule has 1 aromatic heterocycles. The predicted octanol–water partition coefficient (Wildman–Crippen LogP) is 2.81. The number of alkyl halides is 3. The van der Waals surface area contributed by atoms with Crippen LogP contribution in [0.2, 0.25) is 0 Å². The molecule has 1 N–H and O–H groups in total. The van der Waals surface area contributed by atoms with Gasteiger partial charge in [0.25, 0.3) is 6.43 Å². The minimum atomic E-state index is -3.02. The van der Waals surface area contributed by atoms with Crippen LogP contribution in [0.15, 0.2) is 12.3 Å². The summed E-state index contributed by atoms with van der Waals surface area (Å²) in [6.45, 7) is 0. The summed E-state index contributed by atoms with van der Waals surface area (Å²) in [6, 6.07) is 1.31. The average molecular weight is 231 g/mol. The van der Waals surface area contributed by atoms with E-state index in [2.05, 4.69) is 4.98 Å². The van der Waals surface area contributed by atoms with E-state index in [0.29, 0.717) is 25.0 Å². The normalized spacial score (nSPS) is 21.9. The maximum absolute atomic E-state index is 13.4. The summed E-state index contributed by atoms with van der Waals surface area (Å²) in [7, 11) is 0. The zero-order valence-electron chi connectivity index (χ0n) is 8.54. The predicted molar refractivity (Wildman–Crippen MR) is 52.5 cm³/mol. The second-order valence-electron chi connectivity index (χ2n) is 3.97. The maximum Gasteiger partial charge on any atom is 0.269 e. The Morgan fingerprint density at radius 2 is 2.12 bits per heavy atom. The summed E-state index contributed by atoms with van der Waals surface area (Å²) in [5.74, 6) is -1.06. The lowest BCUT2D eigenvalue weighted by Crippen LogP contribution is -2.26. The van der Waals surface area contributed by atoms with Crippen LogP contribution < -0.4 is 0 Å². The zero-order chi connectivity index (χ0) is 11.7. The Labute approximate surface area is 91.1 Å². The molecule has 0 spiro atoms. The van der Waals surface area contributed by atoms with Gasteiger partial charge in [0.15, 0.2) is 6.17 Å². The van der Waals surface area contributed by atoms with Crippen molar-refractivity contribution in [1.82, 2.24) is 4.98 Å². The summed E-state index contributed by atoms with van der Waals surface area (Å²) in [5.41, 5.74) is 0.807. The largest absolute Gasteiger partial charge is 0.508 e. The van der Waals surface area contributed by atoms with Gasteiger partial charge < -0.3 is 5.11 Å². The summed E-state index contributed by atoms with van der Waals surface area (Å²) in [4.78, 5) is 4.00. The van der Waals surface area contributed by atoms with E-state index in [-0.39, 0.29) is 11.3 Å². The smallest absolute Gasteiger partial charge is 0.269 e. The molecule has 5 heteroatoms. The summed E-state index contributed by atoms with van der Waals surface area (Å²) >= 11 is 0. The topological polar surface area (TPSA) is 33.1 Å². The van der Waals surface area contributed by atoms with Crippen LogP contribution >= 0.6 is 0 Å².